The van der Waals surface area contributed by atoms with Crippen molar-refractivity contribution >= 4 is 11.9 Å². The second-order valence-electron chi connectivity index (χ2n) is 3.78. The van der Waals surface area contributed by atoms with Gasteiger partial charge in [-0.2, -0.15) is 4.73 Å². The summed E-state index contributed by atoms with van der Waals surface area (Å²) in [4.78, 5) is 22.8. The normalized spacial score (nSPS) is 10.1. The lowest BCUT2D eigenvalue weighted by Crippen LogP contribution is -2.24. The molecule has 0 saturated heterocycles. The third kappa shape index (κ3) is 3.14. The highest BCUT2D eigenvalue weighted by molar-refractivity contribution is 5.89. The van der Waals surface area contributed by atoms with Crippen LogP contribution in [0, 0.1) is 5.21 Å². The van der Waals surface area contributed by atoms with Crippen LogP contribution in [0.25, 0.3) is 0 Å². The second-order valence-corrected chi connectivity index (χ2v) is 3.78. The Labute approximate surface area is 113 Å². The van der Waals surface area contributed by atoms with E-state index in [-0.39, 0.29) is 17.9 Å². The van der Waals surface area contributed by atoms with E-state index in [1.165, 1.54) is 43.8 Å². The average molecular weight is 277 g/mol. The first kappa shape index (κ1) is 13.6. The number of ether oxygens (including phenoxy) is 2. The van der Waals surface area contributed by atoms with Crippen LogP contribution in [0.5, 0.6) is 0 Å². The van der Waals surface area contributed by atoms with Gasteiger partial charge in [0, 0.05) is 12.1 Å². The van der Waals surface area contributed by atoms with Crippen molar-refractivity contribution in [2.24, 2.45) is 0 Å². The molecule has 0 radical (unpaired) electrons. The van der Waals surface area contributed by atoms with E-state index in [0.29, 0.717) is 10.5 Å². The largest absolute Gasteiger partial charge is 0.619 e. The van der Waals surface area contributed by atoms with Crippen molar-refractivity contribution in [3.8, 4) is 0 Å². The van der Waals surface area contributed by atoms with Crippen molar-refractivity contribution in [1.82, 2.24) is 0 Å². The summed E-state index contributed by atoms with van der Waals surface area (Å²) >= 11 is 0. The number of methoxy groups -OCH3 is 1. The summed E-state index contributed by atoms with van der Waals surface area (Å²) in [5.41, 5.74) is 0.247. The molecule has 0 amide bonds. The Bertz CT molecular complexity index is 616. The molecule has 0 unspecified atom stereocenters. The third-order valence-corrected chi connectivity index (χ3v) is 2.43. The van der Waals surface area contributed by atoms with Crippen LogP contribution in [0.4, 0.5) is 0 Å². The minimum atomic E-state index is -0.606. The van der Waals surface area contributed by atoms with Gasteiger partial charge in [-0.3, -0.25) is 0 Å². The fraction of sp³-hybridized carbons (Fsp3) is 0.154. The fourth-order valence-corrected chi connectivity index (χ4v) is 1.43. The predicted molar refractivity (Wildman–Crippen MR) is 64.6 cm³/mol. The molecule has 2 heterocycles. The number of furan rings is 1. The van der Waals surface area contributed by atoms with E-state index in [0.717, 1.165) is 0 Å². The predicted octanol–water partition coefficient (Wildman–Crippen LogP) is 1.06. The Hall–Kier alpha value is -2.83. The van der Waals surface area contributed by atoms with Crippen LogP contribution >= 0.6 is 0 Å². The molecule has 7 heteroatoms. The van der Waals surface area contributed by atoms with Gasteiger partial charge in [0.1, 0.15) is 12.4 Å². The first-order valence-electron chi connectivity index (χ1n) is 5.63. The lowest BCUT2D eigenvalue weighted by Gasteiger charge is -2.02. The summed E-state index contributed by atoms with van der Waals surface area (Å²) in [7, 11) is 1.24. The van der Waals surface area contributed by atoms with Gasteiger partial charge in [0.2, 0.25) is 5.76 Å². The highest BCUT2D eigenvalue weighted by Gasteiger charge is 2.13. The number of aromatic nitrogens is 1. The Morgan fingerprint density at radius 2 is 1.90 bits per heavy atom. The van der Waals surface area contributed by atoms with E-state index in [9.17, 15) is 14.8 Å². The summed E-state index contributed by atoms with van der Waals surface area (Å²) in [6.45, 7) is -0.123. The molecule has 0 bridgehead atoms. The molecule has 2 aromatic heterocycles. The molecule has 0 aromatic carbocycles. The van der Waals surface area contributed by atoms with Gasteiger partial charge in [0.25, 0.3) is 0 Å². The van der Waals surface area contributed by atoms with Gasteiger partial charge in [-0.05, 0) is 12.1 Å². The molecule has 0 N–H and O–H groups in total. The number of pyridine rings is 1. The first-order valence-corrected chi connectivity index (χ1v) is 5.63. The number of hydrogen-bond donors (Lipinski definition) is 0. The molecule has 0 aliphatic rings. The fourth-order valence-electron chi connectivity index (χ4n) is 1.43. The molecule has 0 saturated carbocycles. The van der Waals surface area contributed by atoms with Crippen molar-refractivity contribution in [2.45, 2.75) is 6.61 Å². The zero-order valence-electron chi connectivity index (χ0n) is 10.6. The zero-order valence-corrected chi connectivity index (χ0v) is 10.6. The van der Waals surface area contributed by atoms with Gasteiger partial charge in [-0.25, -0.2) is 9.59 Å². The molecule has 20 heavy (non-hydrogen) atoms. The highest BCUT2D eigenvalue weighted by Crippen LogP contribution is 2.11. The van der Waals surface area contributed by atoms with Gasteiger partial charge in [-0.1, -0.05) is 0 Å². The lowest BCUT2D eigenvalue weighted by molar-refractivity contribution is -0.605. The molecular weight excluding hydrogens is 266 g/mol. The Morgan fingerprint density at radius 3 is 2.55 bits per heavy atom. The topological polar surface area (TPSA) is 92.7 Å². The molecule has 0 fully saturated rings. The molecular formula is C13H11NO6. The third-order valence-electron chi connectivity index (χ3n) is 2.43. The number of carbonyl (C=O) groups is 2. The van der Waals surface area contributed by atoms with Gasteiger partial charge < -0.3 is 19.1 Å². The van der Waals surface area contributed by atoms with E-state index >= 15 is 0 Å². The molecule has 0 aliphatic heterocycles. The summed E-state index contributed by atoms with van der Waals surface area (Å²) < 4.78 is 15.2. The summed E-state index contributed by atoms with van der Waals surface area (Å²) in [6.07, 6.45) is 2.39. The van der Waals surface area contributed by atoms with Gasteiger partial charge >= 0.3 is 11.9 Å². The zero-order chi connectivity index (χ0) is 14.5. The SMILES string of the molecule is COC(=O)c1ccc(COC(=O)c2cc[n+]([O-])cc2)o1. The highest BCUT2D eigenvalue weighted by atomic mass is 16.6. The van der Waals surface area contributed by atoms with Gasteiger partial charge in [0.15, 0.2) is 12.4 Å². The van der Waals surface area contributed by atoms with Crippen LogP contribution in [-0.4, -0.2) is 19.0 Å². The van der Waals surface area contributed by atoms with Crippen molar-refractivity contribution < 1.29 is 28.2 Å². The van der Waals surface area contributed by atoms with E-state index in [1.807, 2.05) is 0 Å². The molecule has 7 nitrogen and oxygen atoms in total. The second kappa shape index (κ2) is 5.87. The number of esters is 2. The number of rotatable bonds is 4. The van der Waals surface area contributed by atoms with E-state index in [1.54, 1.807) is 0 Å². The summed E-state index contributed by atoms with van der Waals surface area (Å²) in [5, 5.41) is 10.8. The van der Waals surface area contributed by atoms with Crippen molar-refractivity contribution in [3.63, 3.8) is 0 Å². The monoisotopic (exact) mass is 277 g/mol. The Morgan fingerprint density at radius 1 is 1.20 bits per heavy atom. The van der Waals surface area contributed by atoms with Crippen LogP contribution in [0.15, 0.2) is 41.1 Å². The van der Waals surface area contributed by atoms with Gasteiger partial charge in [0.05, 0.1) is 12.7 Å². The van der Waals surface area contributed by atoms with Crippen LogP contribution in [0.3, 0.4) is 0 Å². The standard InChI is InChI=1S/C13H11NO6/c1-18-13(16)11-3-2-10(20-11)8-19-12(15)9-4-6-14(17)7-5-9/h2-7H,8H2,1H3. The Kier molecular flexibility index (Phi) is 3.99. The molecule has 2 aromatic rings. The maximum Gasteiger partial charge on any atom is 0.373 e. The molecule has 0 spiro atoms. The number of nitrogens with zero attached hydrogens (tertiary/aromatic N) is 1. The minimum absolute atomic E-state index is 0.0330. The first-order chi connectivity index (χ1) is 9.60. The number of hydrogen-bond acceptors (Lipinski definition) is 6. The molecule has 2 rings (SSSR count). The lowest BCUT2D eigenvalue weighted by atomic mass is 10.3. The van der Waals surface area contributed by atoms with Crippen LogP contribution < -0.4 is 4.73 Å². The summed E-state index contributed by atoms with van der Waals surface area (Å²) in [6, 6.07) is 5.63. The van der Waals surface area contributed by atoms with Crippen molar-refractivity contribution in [1.29, 1.82) is 0 Å². The average Bonchev–Trinajstić information content (AvgIpc) is 2.93. The molecule has 0 aliphatic carbocycles. The quantitative estimate of drug-likeness (QED) is 0.471. The van der Waals surface area contributed by atoms with Crippen LogP contribution in [0.2, 0.25) is 0 Å². The minimum Gasteiger partial charge on any atom is -0.619 e. The van der Waals surface area contributed by atoms with Crippen LogP contribution in [0.1, 0.15) is 26.7 Å². The maximum absolute atomic E-state index is 11.7. The van der Waals surface area contributed by atoms with Crippen molar-refractivity contribution in [3.05, 3.63) is 59.0 Å². The van der Waals surface area contributed by atoms with Crippen LogP contribution in [-0.2, 0) is 16.1 Å². The number of carbonyl (C=O) groups excluding carboxylic acids is 2. The molecule has 104 valence electrons. The van der Waals surface area contributed by atoms with Gasteiger partial charge in [-0.15, -0.1) is 0 Å². The molecule has 0 atom stereocenters. The Balaban J connectivity index is 1.95. The maximum atomic E-state index is 11.7. The van der Waals surface area contributed by atoms with E-state index < -0.39 is 11.9 Å². The van der Waals surface area contributed by atoms with E-state index in [2.05, 4.69) is 4.74 Å². The smallest absolute Gasteiger partial charge is 0.373 e. The van der Waals surface area contributed by atoms with E-state index in [4.69, 9.17) is 9.15 Å². The van der Waals surface area contributed by atoms with Crippen molar-refractivity contribution in [2.75, 3.05) is 7.11 Å². The summed E-state index contributed by atoms with van der Waals surface area (Å²) in [5.74, 6) is -0.855.